The van der Waals surface area contributed by atoms with Crippen LogP contribution in [0, 0.1) is 41.7 Å². The predicted octanol–water partition coefficient (Wildman–Crippen LogP) is -9.81. The summed E-state index contributed by atoms with van der Waals surface area (Å²) in [7, 11) is 0. The van der Waals surface area contributed by atoms with Crippen LogP contribution in [-0.2, 0) is 0 Å². The van der Waals surface area contributed by atoms with Gasteiger partial charge in [0.2, 0.25) is 0 Å². The van der Waals surface area contributed by atoms with Gasteiger partial charge in [-0.25, -0.2) is 0 Å². The molecule has 0 aromatic heterocycles. The quantitative estimate of drug-likeness (QED) is 0.275. The number of rotatable bonds is 0. The van der Waals surface area contributed by atoms with Gasteiger partial charge >= 0.3 is 41.7 Å². The molecule has 5 heteroatoms. The van der Waals surface area contributed by atoms with Crippen LogP contribution in [-0.4, -0.2) is 5.48 Å². The van der Waals surface area contributed by atoms with E-state index in [0.29, 0.717) is 0 Å². The number of halogens is 3. The molecule has 0 heterocycles. The van der Waals surface area contributed by atoms with Gasteiger partial charge in [-0.1, -0.05) is 0 Å². The Morgan fingerprint density at radius 1 is 0.600 bits per heavy atom. The van der Waals surface area contributed by atoms with Gasteiger partial charge in [-0.15, -0.1) is 0 Å². The molecule has 2 N–H and O–H groups in total. The zero-order valence-corrected chi connectivity index (χ0v) is 11.7. The van der Waals surface area contributed by atoms with Gasteiger partial charge in [0, 0.05) is 0 Å². The molecular weight excluding hydrogens is 537 g/mol. The molecule has 33 valence electrons. The van der Waals surface area contributed by atoms with Crippen LogP contribution in [0.15, 0.2) is 0 Å². The van der Waals surface area contributed by atoms with Gasteiger partial charge in [0.15, 0.2) is 0 Å². The molecule has 0 spiro atoms. The zero-order chi connectivity index (χ0) is 0. The van der Waals surface area contributed by atoms with E-state index in [2.05, 4.69) is 0 Å². The molecule has 5 heavy (non-hydrogen) atoms. The molecule has 0 bridgehead atoms. The van der Waals surface area contributed by atoms with Crippen molar-refractivity contribution in [3.05, 3.63) is 0 Å². The van der Waals surface area contributed by atoms with Crippen molar-refractivity contribution in [1.82, 2.24) is 0 Å². The molecule has 0 fully saturated rings. The maximum absolute atomic E-state index is 0. The van der Waals surface area contributed by atoms with Crippen molar-refractivity contribution in [1.29, 1.82) is 0 Å². The molecular formula is H2CeI3O. The smallest absolute Gasteiger partial charge is 1.00 e. The first kappa shape index (κ1) is 38.8. The normalized spacial score (nSPS) is 0. The van der Waals surface area contributed by atoms with Gasteiger partial charge in [0.1, 0.15) is 0 Å². The Labute approximate surface area is 116 Å². The molecule has 0 aliphatic rings. The summed E-state index contributed by atoms with van der Waals surface area (Å²) in [6, 6.07) is 0. The monoisotopic (exact) mass is 539 g/mol. The van der Waals surface area contributed by atoms with Crippen LogP contribution in [0.4, 0.5) is 0 Å². The first-order chi connectivity index (χ1) is 0. The minimum absolute atomic E-state index is 0. The van der Waals surface area contributed by atoms with Crippen LogP contribution < -0.4 is 71.9 Å². The van der Waals surface area contributed by atoms with Gasteiger partial charge in [-0.05, 0) is 0 Å². The summed E-state index contributed by atoms with van der Waals surface area (Å²) in [5, 5.41) is 0. The van der Waals surface area contributed by atoms with E-state index in [9.17, 15) is 0 Å². The summed E-state index contributed by atoms with van der Waals surface area (Å²) in [6.45, 7) is 0. The number of hydrogen-bond donors (Lipinski definition) is 0. The molecule has 0 aliphatic carbocycles. The van der Waals surface area contributed by atoms with E-state index in [4.69, 9.17) is 0 Å². The van der Waals surface area contributed by atoms with Crippen molar-refractivity contribution in [3.63, 3.8) is 0 Å². The molecule has 0 saturated heterocycles. The molecule has 0 aliphatic heterocycles. The summed E-state index contributed by atoms with van der Waals surface area (Å²) < 4.78 is 0. The topological polar surface area (TPSA) is 31.5 Å². The van der Waals surface area contributed by atoms with E-state index in [1.54, 1.807) is 0 Å². The second-order valence-corrected chi connectivity index (χ2v) is 0. The van der Waals surface area contributed by atoms with Crippen LogP contribution in [0.1, 0.15) is 0 Å². The molecule has 1 radical (unpaired) electrons. The first-order valence-corrected chi connectivity index (χ1v) is 0. The minimum atomic E-state index is 0. The fourth-order valence-electron chi connectivity index (χ4n) is 0. The number of hydrogen-bond acceptors (Lipinski definition) is 0. The molecule has 0 aromatic carbocycles. The molecule has 1 nitrogen and oxygen atoms in total. The Balaban J connectivity index is 0. The average Bonchev–Trinajstić information content (AvgIpc) is 0. The van der Waals surface area contributed by atoms with Crippen molar-refractivity contribution < 1.29 is 119 Å². The summed E-state index contributed by atoms with van der Waals surface area (Å²) in [6.07, 6.45) is 0. The second kappa shape index (κ2) is 25.8. The van der Waals surface area contributed by atoms with E-state index < -0.39 is 0 Å². The van der Waals surface area contributed by atoms with E-state index in [1.165, 1.54) is 0 Å². The minimum Gasteiger partial charge on any atom is -1.00 e. The molecule has 0 amide bonds. The summed E-state index contributed by atoms with van der Waals surface area (Å²) >= 11 is 0. The van der Waals surface area contributed by atoms with Crippen molar-refractivity contribution in [2.24, 2.45) is 0 Å². The Bertz CT molecular complexity index is 6.85. The van der Waals surface area contributed by atoms with E-state index in [-0.39, 0.29) is 119 Å². The van der Waals surface area contributed by atoms with Crippen LogP contribution in [0.2, 0.25) is 0 Å². The molecule has 0 saturated carbocycles. The van der Waals surface area contributed by atoms with Gasteiger partial charge in [-0.2, -0.15) is 0 Å². The third-order valence-corrected chi connectivity index (χ3v) is 0. The van der Waals surface area contributed by atoms with Gasteiger partial charge in [0.05, 0.1) is 0 Å². The summed E-state index contributed by atoms with van der Waals surface area (Å²) in [5.74, 6) is 0. The standard InChI is InChI=1S/Ce.3HI.H2O/h;3*1H;1H2/q+3;;;;/p-3. The third-order valence-electron chi connectivity index (χ3n) is 0. The van der Waals surface area contributed by atoms with Crippen molar-refractivity contribution in [2.75, 3.05) is 0 Å². The van der Waals surface area contributed by atoms with E-state index >= 15 is 0 Å². The SMILES string of the molecule is O.[Ce+3].[I-].[I-].[I-]. The van der Waals surface area contributed by atoms with Crippen molar-refractivity contribution in [2.45, 2.75) is 0 Å². The first-order valence-electron chi connectivity index (χ1n) is 0. The fourth-order valence-corrected chi connectivity index (χ4v) is 0. The second-order valence-electron chi connectivity index (χ2n) is 0. The summed E-state index contributed by atoms with van der Waals surface area (Å²) in [5.41, 5.74) is 0. The molecule has 0 unspecified atom stereocenters. The molecule has 0 atom stereocenters. The Hall–Kier alpha value is 3.53. The van der Waals surface area contributed by atoms with Crippen LogP contribution in [0.5, 0.6) is 0 Å². The molecule has 0 aromatic rings. The Morgan fingerprint density at radius 3 is 0.600 bits per heavy atom. The third kappa shape index (κ3) is 18.5. The van der Waals surface area contributed by atoms with Crippen LogP contribution >= 0.6 is 0 Å². The summed E-state index contributed by atoms with van der Waals surface area (Å²) in [4.78, 5) is 0. The van der Waals surface area contributed by atoms with Gasteiger partial charge in [-0.3, -0.25) is 0 Å². The van der Waals surface area contributed by atoms with E-state index in [0.717, 1.165) is 0 Å². The van der Waals surface area contributed by atoms with Gasteiger partial charge < -0.3 is 77.4 Å². The van der Waals surface area contributed by atoms with Crippen molar-refractivity contribution >= 4 is 0 Å². The predicted molar refractivity (Wildman–Crippen MR) is 3.61 cm³/mol. The fraction of sp³-hybridized carbons (Fsp3) is 0. The Morgan fingerprint density at radius 2 is 0.600 bits per heavy atom. The Kier molecular flexibility index (Phi) is 200. The maximum Gasteiger partial charge on any atom is 3.00 e. The maximum atomic E-state index is 0. The van der Waals surface area contributed by atoms with Crippen LogP contribution in [0.25, 0.3) is 0 Å². The molecule has 0 rings (SSSR count). The van der Waals surface area contributed by atoms with Crippen LogP contribution in [0.3, 0.4) is 0 Å². The largest absolute Gasteiger partial charge is 3.00 e. The van der Waals surface area contributed by atoms with Crippen molar-refractivity contribution in [3.8, 4) is 0 Å². The average molecular weight is 539 g/mol. The van der Waals surface area contributed by atoms with E-state index in [1.807, 2.05) is 0 Å². The zero-order valence-electron chi connectivity index (χ0n) is 2.13. The van der Waals surface area contributed by atoms with Gasteiger partial charge in [0.25, 0.3) is 0 Å².